The number of nitrogens with zero attached hydrogens (tertiary/aromatic N) is 1. The van der Waals surface area contributed by atoms with Crippen molar-refractivity contribution in [3.8, 4) is 11.3 Å². The van der Waals surface area contributed by atoms with Crippen LogP contribution in [0.3, 0.4) is 0 Å². The summed E-state index contributed by atoms with van der Waals surface area (Å²) in [5.41, 5.74) is 3.17. The number of anilines is 1. The number of rotatable bonds is 4. The smallest absolute Gasteiger partial charge is 0.255 e. The number of nitrogens with one attached hydrogen (secondary N) is 2. The summed E-state index contributed by atoms with van der Waals surface area (Å²) in [5.74, 6) is -0.400. The molecule has 5 nitrogen and oxygen atoms in total. The van der Waals surface area contributed by atoms with Gasteiger partial charge in [-0.05, 0) is 98.0 Å². The number of benzene rings is 2. The van der Waals surface area contributed by atoms with E-state index < -0.39 is 0 Å². The molecular formula is C23H22IN3O2. The fraction of sp³-hybridized carbons (Fsp3) is 0.174. The zero-order valence-electron chi connectivity index (χ0n) is 16.5. The van der Waals surface area contributed by atoms with E-state index in [9.17, 15) is 9.59 Å². The third-order valence-electron chi connectivity index (χ3n) is 4.06. The second-order valence-corrected chi connectivity index (χ2v) is 8.81. The highest BCUT2D eigenvalue weighted by Crippen LogP contribution is 2.27. The molecule has 2 amide bonds. The van der Waals surface area contributed by atoms with Crippen molar-refractivity contribution in [2.75, 3.05) is 5.32 Å². The first-order valence-corrected chi connectivity index (χ1v) is 10.3. The third-order valence-corrected chi connectivity index (χ3v) is 5.00. The minimum atomic E-state index is -0.316. The van der Waals surface area contributed by atoms with Crippen LogP contribution in [-0.4, -0.2) is 22.3 Å². The molecule has 1 aromatic heterocycles. The normalized spacial score (nSPS) is 11.0. The summed E-state index contributed by atoms with van der Waals surface area (Å²) in [4.78, 5) is 29.2. The molecule has 0 saturated carbocycles. The molecule has 0 spiro atoms. The number of amides is 2. The Hall–Kier alpha value is -2.74. The summed E-state index contributed by atoms with van der Waals surface area (Å²) in [6.07, 6.45) is 1.74. The molecule has 1 heterocycles. The van der Waals surface area contributed by atoms with Crippen molar-refractivity contribution >= 4 is 40.1 Å². The van der Waals surface area contributed by atoms with Crippen molar-refractivity contribution in [3.05, 3.63) is 81.6 Å². The first-order chi connectivity index (χ1) is 13.7. The molecule has 29 heavy (non-hydrogen) atoms. The fourth-order valence-corrected chi connectivity index (χ4v) is 3.32. The van der Waals surface area contributed by atoms with Gasteiger partial charge >= 0.3 is 0 Å². The molecule has 0 aliphatic heterocycles. The van der Waals surface area contributed by atoms with Gasteiger partial charge < -0.3 is 10.6 Å². The van der Waals surface area contributed by atoms with Crippen molar-refractivity contribution in [1.29, 1.82) is 0 Å². The van der Waals surface area contributed by atoms with E-state index >= 15 is 0 Å². The quantitative estimate of drug-likeness (QED) is 0.489. The molecule has 3 rings (SSSR count). The van der Waals surface area contributed by atoms with Crippen LogP contribution in [0.1, 0.15) is 41.5 Å². The van der Waals surface area contributed by atoms with Gasteiger partial charge in [-0.2, -0.15) is 0 Å². The van der Waals surface area contributed by atoms with Crippen LogP contribution in [0.2, 0.25) is 0 Å². The molecule has 0 aliphatic carbocycles. The number of hydrogen-bond donors (Lipinski definition) is 2. The topological polar surface area (TPSA) is 71.1 Å². The lowest BCUT2D eigenvalue weighted by Crippen LogP contribution is -2.40. The molecular weight excluding hydrogens is 477 g/mol. The van der Waals surface area contributed by atoms with Crippen LogP contribution in [0.5, 0.6) is 0 Å². The summed E-state index contributed by atoms with van der Waals surface area (Å²) >= 11 is 2.25. The van der Waals surface area contributed by atoms with Crippen molar-refractivity contribution in [2.24, 2.45) is 0 Å². The second kappa shape index (κ2) is 8.73. The summed E-state index contributed by atoms with van der Waals surface area (Å²) in [5, 5.41) is 5.82. The van der Waals surface area contributed by atoms with E-state index in [1.165, 1.54) is 0 Å². The molecule has 0 saturated heterocycles. The first kappa shape index (κ1) is 21.0. The Kier molecular flexibility index (Phi) is 6.32. The van der Waals surface area contributed by atoms with Crippen molar-refractivity contribution in [3.63, 3.8) is 0 Å². The van der Waals surface area contributed by atoms with Crippen LogP contribution >= 0.6 is 22.6 Å². The third kappa shape index (κ3) is 5.63. The molecule has 0 bridgehead atoms. The molecule has 2 aromatic carbocycles. The Morgan fingerprint density at radius 1 is 0.897 bits per heavy atom. The molecule has 0 aliphatic rings. The lowest BCUT2D eigenvalue weighted by molar-refractivity contribution is 0.0918. The monoisotopic (exact) mass is 499 g/mol. The molecule has 0 fully saturated rings. The molecule has 6 heteroatoms. The van der Waals surface area contributed by atoms with E-state index in [0.717, 1.165) is 14.8 Å². The van der Waals surface area contributed by atoms with Crippen molar-refractivity contribution in [1.82, 2.24) is 10.3 Å². The number of halogens is 1. The highest BCUT2D eigenvalue weighted by Gasteiger charge is 2.16. The summed E-state index contributed by atoms with van der Waals surface area (Å²) < 4.78 is 1.05. The zero-order valence-corrected chi connectivity index (χ0v) is 18.7. The Labute approximate surface area is 184 Å². The van der Waals surface area contributed by atoms with Gasteiger partial charge in [-0.1, -0.05) is 6.07 Å². The van der Waals surface area contributed by atoms with Gasteiger partial charge in [0.05, 0.1) is 5.69 Å². The van der Waals surface area contributed by atoms with Gasteiger partial charge in [0, 0.05) is 37.7 Å². The number of carbonyl (C=O) groups is 2. The van der Waals surface area contributed by atoms with Crippen LogP contribution in [0.25, 0.3) is 11.3 Å². The van der Waals surface area contributed by atoms with Crippen LogP contribution in [0.4, 0.5) is 5.69 Å². The largest absolute Gasteiger partial charge is 0.347 e. The highest BCUT2D eigenvalue weighted by molar-refractivity contribution is 14.1. The fourth-order valence-electron chi connectivity index (χ4n) is 2.71. The standard InChI is InChI=1S/C23H22IN3O2/c1-23(2,3)27-22(29)16-9-7-15(8-10-16)21(28)26-17-11-12-19(24)18(14-17)20-6-4-5-13-25-20/h4-14H,1-3H3,(H,26,28)(H,27,29). The average molecular weight is 499 g/mol. The maximum absolute atomic E-state index is 12.6. The average Bonchev–Trinajstić information content (AvgIpc) is 2.69. The Balaban J connectivity index is 1.75. The van der Waals surface area contributed by atoms with Gasteiger partial charge in [-0.3, -0.25) is 14.6 Å². The number of hydrogen-bond acceptors (Lipinski definition) is 3. The Morgan fingerprint density at radius 2 is 1.55 bits per heavy atom. The Morgan fingerprint density at radius 3 is 2.14 bits per heavy atom. The highest BCUT2D eigenvalue weighted by atomic mass is 127. The van der Waals surface area contributed by atoms with Crippen molar-refractivity contribution < 1.29 is 9.59 Å². The minimum Gasteiger partial charge on any atom is -0.347 e. The van der Waals surface area contributed by atoms with Crippen molar-refractivity contribution in [2.45, 2.75) is 26.3 Å². The molecule has 0 atom stereocenters. The Bertz CT molecular complexity index is 1030. The van der Waals surface area contributed by atoms with Gasteiger partial charge in [0.1, 0.15) is 0 Å². The van der Waals surface area contributed by atoms with Gasteiger partial charge in [0.25, 0.3) is 11.8 Å². The number of aromatic nitrogens is 1. The first-order valence-electron chi connectivity index (χ1n) is 9.18. The molecule has 0 unspecified atom stereocenters. The lowest BCUT2D eigenvalue weighted by Gasteiger charge is -2.20. The summed E-state index contributed by atoms with van der Waals surface area (Å²) in [6.45, 7) is 5.77. The second-order valence-electron chi connectivity index (χ2n) is 7.65. The van der Waals surface area contributed by atoms with Gasteiger partial charge in [-0.25, -0.2) is 0 Å². The van der Waals surface area contributed by atoms with E-state index in [-0.39, 0.29) is 17.4 Å². The molecule has 3 aromatic rings. The van der Waals surface area contributed by atoms with Gasteiger partial charge in [0.15, 0.2) is 0 Å². The summed E-state index contributed by atoms with van der Waals surface area (Å²) in [6, 6.07) is 18.1. The molecule has 148 valence electrons. The lowest BCUT2D eigenvalue weighted by atomic mass is 10.1. The van der Waals surface area contributed by atoms with E-state index in [1.54, 1.807) is 30.5 Å². The number of carbonyl (C=O) groups excluding carboxylic acids is 2. The van der Waals surface area contributed by atoms with Crippen LogP contribution in [-0.2, 0) is 0 Å². The SMILES string of the molecule is CC(C)(C)NC(=O)c1ccc(C(=O)Nc2ccc(I)c(-c3ccccn3)c2)cc1. The van der Waals surface area contributed by atoms with E-state index in [2.05, 4.69) is 38.2 Å². The van der Waals surface area contributed by atoms with E-state index in [0.29, 0.717) is 16.8 Å². The minimum absolute atomic E-state index is 0.165. The van der Waals surface area contributed by atoms with Gasteiger partial charge in [-0.15, -0.1) is 0 Å². The maximum Gasteiger partial charge on any atom is 0.255 e. The van der Waals surface area contributed by atoms with E-state index in [4.69, 9.17) is 0 Å². The zero-order chi connectivity index (χ0) is 21.0. The molecule has 2 N–H and O–H groups in total. The van der Waals surface area contributed by atoms with E-state index in [1.807, 2.05) is 57.2 Å². The number of pyridine rings is 1. The van der Waals surface area contributed by atoms with Crippen LogP contribution in [0, 0.1) is 3.57 Å². The van der Waals surface area contributed by atoms with Crippen LogP contribution < -0.4 is 10.6 Å². The maximum atomic E-state index is 12.6. The summed E-state index contributed by atoms with van der Waals surface area (Å²) in [7, 11) is 0. The predicted molar refractivity (Wildman–Crippen MR) is 124 cm³/mol. The predicted octanol–water partition coefficient (Wildman–Crippen LogP) is 5.13. The molecule has 0 radical (unpaired) electrons. The van der Waals surface area contributed by atoms with Crippen LogP contribution in [0.15, 0.2) is 66.9 Å². The van der Waals surface area contributed by atoms with Gasteiger partial charge in [0.2, 0.25) is 0 Å².